The Morgan fingerprint density at radius 2 is 1.40 bits per heavy atom. The van der Waals surface area contributed by atoms with Gasteiger partial charge in [-0.25, -0.2) is 8.42 Å². The summed E-state index contributed by atoms with van der Waals surface area (Å²) in [6, 6.07) is 13.5. The monoisotopic (exact) mass is 456 g/mol. The average molecular weight is 457 g/mol. The van der Waals surface area contributed by atoms with Crippen LogP contribution in [0.5, 0.6) is 11.5 Å². The van der Waals surface area contributed by atoms with Crippen LogP contribution in [0.15, 0.2) is 53.4 Å². The molecule has 2 aromatic carbocycles. The van der Waals surface area contributed by atoms with Crippen molar-refractivity contribution < 1.29 is 69.1 Å². The van der Waals surface area contributed by atoms with Gasteiger partial charge in [0, 0.05) is 0 Å². The van der Waals surface area contributed by atoms with E-state index in [1.807, 2.05) is 24.3 Å². The van der Waals surface area contributed by atoms with Gasteiger partial charge in [-0.1, -0.05) is 89.0 Å². The third kappa shape index (κ3) is 10.9. The number of rotatable bonds is 14. The predicted molar refractivity (Wildman–Crippen MR) is 116 cm³/mol. The molecule has 0 unspecified atom stereocenters. The number of unbranched alkanes of at least 4 members (excludes halogenated alkanes) is 9. The fourth-order valence-corrected chi connectivity index (χ4v) is 3.94. The van der Waals surface area contributed by atoms with E-state index in [-0.39, 0.29) is 56.3 Å². The summed E-state index contributed by atoms with van der Waals surface area (Å²) in [5.74, 6) is 1.07. The van der Waals surface area contributed by atoms with E-state index in [2.05, 4.69) is 6.92 Å². The molecular formula is C24H33KO4S. The van der Waals surface area contributed by atoms with Crippen LogP contribution in [0, 0.1) is 0 Å². The van der Waals surface area contributed by atoms with E-state index in [4.69, 9.17) is 4.74 Å². The van der Waals surface area contributed by atoms with Gasteiger partial charge in [0.05, 0.1) is 4.90 Å². The molecule has 30 heavy (non-hydrogen) atoms. The number of aryl methyl sites for hydroxylation is 1. The summed E-state index contributed by atoms with van der Waals surface area (Å²) in [5, 5.41) is 0. The molecule has 0 spiro atoms. The van der Waals surface area contributed by atoms with E-state index in [1.165, 1.54) is 76.0 Å². The molecule has 0 aliphatic heterocycles. The van der Waals surface area contributed by atoms with Crippen LogP contribution < -0.4 is 56.1 Å². The smallest absolute Gasteiger partial charge is 0.744 e. The molecule has 0 saturated carbocycles. The minimum atomic E-state index is -4.49. The first-order valence-corrected chi connectivity index (χ1v) is 12.2. The topological polar surface area (TPSA) is 66.4 Å². The van der Waals surface area contributed by atoms with Gasteiger partial charge in [-0.2, -0.15) is 0 Å². The van der Waals surface area contributed by atoms with Crippen molar-refractivity contribution in [1.82, 2.24) is 0 Å². The molecule has 0 aromatic heterocycles. The quantitative estimate of drug-likeness (QED) is 0.246. The molecule has 0 N–H and O–H groups in total. The molecule has 0 aliphatic carbocycles. The molecule has 0 bridgehead atoms. The zero-order chi connectivity index (χ0) is 21.0. The SMILES string of the molecule is CCCCCCCCCCCCc1ccccc1Oc1cccc(S(=O)(=O)[O-])c1.[K+]. The number of benzene rings is 2. The molecular weight excluding hydrogens is 423 g/mol. The van der Waals surface area contributed by atoms with Crippen molar-refractivity contribution in [2.75, 3.05) is 0 Å². The second kappa shape index (κ2) is 15.6. The Bertz CT molecular complexity index is 837. The molecule has 4 nitrogen and oxygen atoms in total. The first-order valence-electron chi connectivity index (χ1n) is 10.8. The van der Waals surface area contributed by atoms with Gasteiger partial charge in [-0.15, -0.1) is 0 Å². The van der Waals surface area contributed by atoms with Gasteiger partial charge in [0.2, 0.25) is 0 Å². The Morgan fingerprint density at radius 1 is 0.800 bits per heavy atom. The van der Waals surface area contributed by atoms with Crippen molar-refractivity contribution in [1.29, 1.82) is 0 Å². The maximum atomic E-state index is 11.2. The van der Waals surface area contributed by atoms with Gasteiger partial charge in [0.15, 0.2) is 0 Å². The Labute approximate surface area is 225 Å². The van der Waals surface area contributed by atoms with Crippen molar-refractivity contribution in [2.45, 2.75) is 82.4 Å². The van der Waals surface area contributed by atoms with Crippen molar-refractivity contribution >= 4 is 10.1 Å². The Hall–Kier alpha value is -0.214. The maximum Gasteiger partial charge on any atom is 1.00 e. The minimum Gasteiger partial charge on any atom is -0.744 e. The van der Waals surface area contributed by atoms with Gasteiger partial charge in [0.1, 0.15) is 21.6 Å². The summed E-state index contributed by atoms with van der Waals surface area (Å²) in [5.41, 5.74) is 1.10. The molecule has 6 heteroatoms. The molecule has 0 radical (unpaired) electrons. The number of hydrogen-bond donors (Lipinski definition) is 0. The first-order chi connectivity index (χ1) is 14.0. The zero-order valence-electron chi connectivity index (χ0n) is 18.4. The maximum absolute atomic E-state index is 11.2. The van der Waals surface area contributed by atoms with Crippen molar-refractivity contribution in [3.05, 3.63) is 54.1 Å². The minimum absolute atomic E-state index is 0. The van der Waals surface area contributed by atoms with Crippen LogP contribution in [0.4, 0.5) is 0 Å². The van der Waals surface area contributed by atoms with E-state index in [9.17, 15) is 13.0 Å². The van der Waals surface area contributed by atoms with Gasteiger partial charge in [-0.05, 0) is 42.7 Å². The summed E-state index contributed by atoms with van der Waals surface area (Å²) in [4.78, 5) is -0.276. The summed E-state index contributed by atoms with van der Waals surface area (Å²) in [6.07, 6.45) is 13.9. The fourth-order valence-electron chi connectivity index (χ4n) is 3.43. The van der Waals surface area contributed by atoms with Crippen molar-refractivity contribution in [3.63, 3.8) is 0 Å². The molecule has 0 aliphatic rings. The number of ether oxygens (including phenoxy) is 1. The van der Waals surface area contributed by atoms with Crippen LogP contribution in [-0.4, -0.2) is 13.0 Å². The molecule has 0 amide bonds. The van der Waals surface area contributed by atoms with E-state index in [1.54, 1.807) is 6.07 Å². The van der Waals surface area contributed by atoms with Crippen molar-refractivity contribution in [2.24, 2.45) is 0 Å². The molecule has 0 heterocycles. The first kappa shape index (κ1) is 27.8. The van der Waals surface area contributed by atoms with E-state index < -0.39 is 10.1 Å². The summed E-state index contributed by atoms with van der Waals surface area (Å²) in [6.45, 7) is 2.25. The second-order valence-corrected chi connectivity index (χ2v) is 8.95. The summed E-state index contributed by atoms with van der Waals surface area (Å²) >= 11 is 0. The van der Waals surface area contributed by atoms with Gasteiger partial charge in [0.25, 0.3) is 0 Å². The van der Waals surface area contributed by atoms with Gasteiger partial charge in [-0.3, -0.25) is 0 Å². The molecule has 0 fully saturated rings. The Morgan fingerprint density at radius 3 is 2.03 bits per heavy atom. The Kier molecular flexibility index (Phi) is 14.4. The van der Waals surface area contributed by atoms with E-state index >= 15 is 0 Å². The molecule has 2 rings (SSSR count). The third-order valence-corrected chi connectivity index (χ3v) is 5.93. The van der Waals surface area contributed by atoms with Crippen LogP contribution in [0.25, 0.3) is 0 Å². The Balaban J connectivity index is 0.00000450. The van der Waals surface area contributed by atoms with Crippen molar-refractivity contribution in [3.8, 4) is 11.5 Å². The molecule has 0 saturated heterocycles. The van der Waals surface area contributed by atoms with E-state index in [0.29, 0.717) is 11.5 Å². The van der Waals surface area contributed by atoms with E-state index in [0.717, 1.165) is 18.4 Å². The van der Waals surface area contributed by atoms with Gasteiger partial charge < -0.3 is 9.29 Å². The molecule has 0 atom stereocenters. The number of hydrogen-bond acceptors (Lipinski definition) is 4. The van der Waals surface area contributed by atoms with Crippen LogP contribution in [0.1, 0.15) is 76.7 Å². The normalized spacial score (nSPS) is 11.1. The van der Waals surface area contributed by atoms with Crippen LogP contribution in [-0.2, 0) is 16.5 Å². The number of para-hydroxylation sites is 1. The summed E-state index contributed by atoms with van der Waals surface area (Å²) < 4.78 is 39.5. The fraction of sp³-hybridized carbons (Fsp3) is 0.500. The zero-order valence-corrected chi connectivity index (χ0v) is 22.4. The van der Waals surface area contributed by atoms with Crippen LogP contribution in [0.3, 0.4) is 0 Å². The molecule has 2 aromatic rings. The van der Waals surface area contributed by atoms with Gasteiger partial charge >= 0.3 is 51.4 Å². The largest absolute Gasteiger partial charge is 1.00 e. The second-order valence-electron chi connectivity index (χ2n) is 7.57. The predicted octanol–water partition coefficient (Wildman–Crippen LogP) is 3.85. The standard InChI is InChI=1S/C24H34O4S.K/c1-2-3-4-5-6-7-8-9-10-11-15-21-16-12-13-19-24(21)28-22-17-14-18-23(20-22)29(25,26)27;/h12-14,16-20H,2-11,15H2,1H3,(H,25,26,27);/q;+1/p-1. The summed E-state index contributed by atoms with van der Waals surface area (Å²) in [7, 11) is -4.49. The third-order valence-electron chi connectivity index (χ3n) is 5.09. The average Bonchev–Trinajstić information content (AvgIpc) is 2.70. The van der Waals surface area contributed by atoms with Crippen LogP contribution >= 0.6 is 0 Å². The molecule has 160 valence electrons. The van der Waals surface area contributed by atoms with Crippen LogP contribution in [0.2, 0.25) is 0 Å².